The molecule has 0 fully saturated rings. The average Bonchev–Trinajstić information content (AvgIpc) is 2.81. The predicted molar refractivity (Wildman–Crippen MR) is 122 cm³/mol. The second kappa shape index (κ2) is 10.7. The van der Waals surface area contributed by atoms with Crippen molar-refractivity contribution in [3.05, 3.63) is 77.4 Å². The molecule has 0 aliphatic carbocycles. The Morgan fingerprint density at radius 2 is 1.67 bits per heavy atom. The number of aryl methyl sites for hydroxylation is 1. The molecule has 0 N–H and O–H groups in total. The van der Waals surface area contributed by atoms with E-state index in [0.29, 0.717) is 17.3 Å². The van der Waals surface area contributed by atoms with Gasteiger partial charge in [-0.3, -0.25) is 0 Å². The van der Waals surface area contributed by atoms with Gasteiger partial charge in [-0.05, 0) is 47.4 Å². The quantitative estimate of drug-likeness (QED) is 0.273. The summed E-state index contributed by atoms with van der Waals surface area (Å²) in [5.74, 6) is 1.31. The molecule has 3 aromatic carbocycles. The van der Waals surface area contributed by atoms with Gasteiger partial charge in [0.1, 0.15) is 11.5 Å². The van der Waals surface area contributed by atoms with E-state index < -0.39 is 17.7 Å². The fourth-order valence-corrected chi connectivity index (χ4v) is 4.17. The molecule has 3 rings (SSSR count). The van der Waals surface area contributed by atoms with E-state index in [9.17, 15) is 18.0 Å². The number of carbonyl (C=O) groups excluding carboxylic acids is 1. The smallest absolute Gasteiger partial charge is 0.416 e. The summed E-state index contributed by atoms with van der Waals surface area (Å²) in [6.45, 7) is 1.69. The molecular weight excluding hydrogens is 453 g/mol. The summed E-state index contributed by atoms with van der Waals surface area (Å²) >= 11 is 1.57. The van der Waals surface area contributed by atoms with Gasteiger partial charge in [0, 0.05) is 11.8 Å². The Kier molecular flexibility index (Phi) is 7.92. The zero-order valence-corrected chi connectivity index (χ0v) is 19.2. The molecule has 0 amide bonds. The number of methoxy groups -OCH3 is 2. The maximum atomic E-state index is 12.8. The van der Waals surface area contributed by atoms with Crippen LogP contribution in [0.3, 0.4) is 0 Å². The standard InChI is InChI=1S/C25H23F3O4S/c1-16-11-23(22(30-2)13-21(16)32-14-24(29)31-3)33-15-17-5-4-6-19(12-17)18-7-9-20(10-8-18)25(26,27)28/h4-13H,14-15H2,1-3H3. The first kappa shape index (κ1) is 24.5. The van der Waals surface area contributed by atoms with Gasteiger partial charge in [0.25, 0.3) is 0 Å². The van der Waals surface area contributed by atoms with Crippen LogP contribution in [0.5, 0.6) is 11.5 Å². The minimum atomic E-state index is -4.35. The van der Waals surface area contributed by atoms with Gasteiger partial charge in [-0.15, -0.1) is 11.8 Å². The largest absolute Gasteiger partial charge is 0.495 e. The van der Waals surface area contributed by atoms with Crippen molar-refractivity contribution in [3.8, 4) is 22.6 Å². The summed E-state index contributed by atoms with van der Waals surface area (Å²) in [6, 6.07) is 16.5. The van der Waals surface area contributed by atoms with Gasteiger partial charge in [-0.25, -0.2) is 4.79 Å². The maximum absolute atomic E-state index is 12.8. The molecule has 0 unspecified atom stereocenters. The second-order valence-corrected chi connectivity index (χ2v) is 8.21. The molecule has 0 radical (unpaired) electrons. The molecule has 174 valence electrons. The van der Waals surface area contributed by atoms with Crippen molar-refractivity contribution in [1.29, 1.82) is 0 Å². The number of carbonyl (C=O) groups is 1. The molecule has 0 aromatic heterocycles. The van der Waals surface area contributed by atoms with E-state index in [1.165, 1.54) is 19.2 Å². The highest BCUT2D eigenvalue weighted by atomic mass is 32.2. The number of rotatable bonds is 8. The summed E-state index contributed by atoms with van der Waals surface area (Å²) in [7, 11) is 2.86. The molecule has 0 spiro atoms. The molecule has 0 aliphatic heterocycles. The molecule has 4 nitrogen and oxygen atoms in total. The van der Waals surface area contributed by atoms with Crippen molar-refractivity contribution in [1.82, 2.24) is 0 Å². The first-order chi connectivity index (χ1) is 15.7. The number of benzene rings is 3. The van der Waals surface area contributed by atoms with Crippen molar-refractivity contribution in [2.75, 3.05) is 20.8 Å². The maximum Gasteiger partial charge on any atom is 0.416 e. The van der Waals surface area contributed by atoms with E-state index >= 15 is 0 Å². The average molecular weight is 477 g/mol. The molecule has 0 heterocycles. The Balaban J connectivity index is 1.73. The third-order valence-electron chi connectivity index (χ3n) is 4.90. The molecular formula is C25H23F3O4S. The molecule has 33 heavy (non-hydrogen) atoms. The number of hydrogen-bond acceptors (Lipinski definition) is 5. The highest BCUT2D eigenvalue weighted by Gasteiger charge is 2.29. The predicted octanol–water partition coefficient (Wildman–Crippen LogP) is 6.53. The minimum absolute atomic E-state index is 0.191. The zero-order valence-electron chi connectivity index (χ0n) is 18.4. The lowest BCUT2D eigenvalue weighted by Gasteiger charge is -2.14. The Morgan fingerprint density at radius 1 is 0.939 bits per heavy atom. The van der Waals surface area contributed by atoms with Crippen LogP contribution in [0.1, 0.15) is 16.7 Å². The lowest BCUT2D eigenvalue weighted by Crippen LogP contribution is -2.13. The van der Waals surface area contributed by atoms with Crippen LogP contribution in [0.4, 0.5) is 13.2 Å². The number of alkyl halides is 3. The second-order valence-electron chi connectivity index (χ2n) is 7.20. The number of thioether (sulfide) groups is 1. The van der Waals surface area contributed by atoms with E-state index in [2.05, 4.69) is 4.74 Å². The van der Waals surface area contributed by atoms with Crippen LogP contribution < -0.4 is 9.47 Å². The summed E-state index contributed by atoms with van der Waals surface area (Å²) in [4.78, 5) is 12.2. The van der Waals surface area contributed by atoms with E-state index in [1.54, 1.807) is 24.9 Å². The third kappa shape index (κ3) is 6.44. The van der Waals surface area contributed by atoms with Crippen LogP contribution in [-0.2, 0) is 21.5 Å². The Morgan fingerprint density at radius 3 is 2.30 bits per heavy atom. The minimum Gasteiger partial charge on any atom is -0.495 e. The molecule has 8 heteroatoms. The Bertz CT molecular complexity index is 1110. The van der Waals surface area contributed by atoms with Crippen LogP contribution in [0, 0.1) is 6.92 Å². The molecule has 0 aliphatic rings. The lowest BCUT2D eigenvalue weighted by atomic mass is 10.0. The number of ether oxygens (including phenoxy) is 3. The first-order valence-electron chi connectivity index (χ1n) is 9.99. The third-order valence-corrected chi connectivity index (χ3v) is 6.01. The molecule has 0 bridgehead atoms. The fraction of sp³-hybridized carbons (Fsp3) is 0.240. The SMILES string of the molecule is COC(=O)COc1cc(OC)c(SCc2cccc(-c3ccc(C(F)(F)F)cc3)c2)cc1C. The normalized spacial score (nSPS) is 11.2. The highest BCUT2D eigenvalue weighted by Crippen LogP contribution is 2.37. The van der Waals surface area contributed by atoms with E-state index in [1.807, 2.05) is 37.3 Å². The molecule has 0 saturated heterocycles. The Hall–Kier alpha value is -3.13. The van der Waals surface area contributed by atoms with Crippen molar-refractivity contribution in [2.24, 2.45) is 0 Å². The number of esters is 1. The molecule has 0 atom stereocenters. The van der Waals surface area contributed by atoms with Crippen LogP contribution in [0.15, 0.2) is 65.6 Å². The summed E-state index contributed by atoms with van der Waals surface area (Å²) in [5, 5.41) is 0. The van der Waals surface area contributed by atoms with Crippen LogP contribution in [0.2, 0.25) is 0 Å². The fourth-order valence-electron chi connectivity index (χ4n) is 3.12. The Labute approximate surface area is 194 Å². The van der Waals surface area contributed by atoms with Gasteiger partial charge in [0.2, 0.25) is 0 Å². The summed E-state index contributed by atoms with van der Waals surface area (Å²) < 4.78 is 54.0. The number of halogens is 3. The van der Waals surface area contributed by atoms with E-state index in [0.717, 1.165) is 39.3 Å². The van der Waals surface area contributed by atoms with Crippen LogP contribution >= 0.6 is 11.8 Å². The molecule has 3 aromatic rings. The van der Waals surface area contributed by atoms with Crippen molar-refractivity contribution in [3.63, 3.8) is 0 Å². The van der Waals surface area contributed by atoms with Crippen molar-refractivity contribution >= 4 is 17.7 Å². The van der Waals surface area contributed by atoms with Gasteiger partial charge in [0.05, 0.1) is 24.7 Å². The van der Waals surface area contributed by atoms with Gasteiger partial charge in [-0.2, -0.15) is 13.2 Å². The highest BCUT2D eigenvalue weighted by molar-refractivity contribution is 7.98. The van der Waals surface area contributed by atoms with E-state index in [-0.39, 0.29) is 6.61 Å². The van der Waals surface area contributed by atoms with Crippen LogP contribution in [-0.4, -0.2) is 26.8 Å². The lowest BCUT2D eigenvalue weighted by molar-refractivity contribution is -0.143. The van der Waals surface area contributed by atoms with Crippen molar-refractivity contribution in [2.45, 2.75) is 23.7 Å². The topological polar surface area (TPSA) is 44.8 Å². The van der Waals surface area contributed by atoms with E-state index in [4.69, 9.17) is 9.47 Å². The van der Waals surface area contributed by atoms with Gasteiger partial charge < -0.3 is 14.2 Å². The zero-order chi connectivity index (χ0) is 24.0. The summed E-state index contributed by atoms with van der Waals surface area (Å²) in [5.41, 5.74) is 2.76. The van der Waals surface area contributed by atoms with Gasteiger partial charge >= 0.3 is 12.1 Å². The van der Waals surface area contributed by atoms with Crippen molar-refractivity contribution < 1.29 is 32.2 Å². The first-order valence-corrected chi connectivity index (χ1v) is 11.0. The number of hydrogen-bond donors (Lipinski definition) is 0. The monoisotopic (exact) mass is 476 g/mol. The molecule has 0 saturated carbocycles. The van der Waals surface area contributed by atoms with Gasteiger partial charge in [-0.1, -0.05) is 36.4 Å². The summed E-state index contributed by atoms with van der Waals surface area (Å²) in [6.07, 6.45) is -4.35. The van der Waals surface area contributed by atoms with Gasteiger partial charge in [0.15, 0.2) is 6.61 Å². The van der Waals surface area contributed by atoms with Crippen LogP contribution in [0.25, 0.3) is 11.1 Å².